The summed E-state index contributed by atoms with van der Waals surface area (Å²) in [7, 11) is 1.98. The van der Waals surface area contributed by atoms with E-state index in [9.17, 15) is 18.4 Å². The fourth-order valence-electron chi connectivity index (χ4n) is 4.71. The van der Waals surface area contributed by atoms with Crippen LogP contribution < -0.4 is 15.8 Å². The molecule has 1 saturated heterocycles. The molecule has 2 aromatic heterocycles. The predicted molar refractivity (Wildman–Crippen MR) is 134 cm³/mol. The molecule has 1 N–H and O–H groups in total. The van der Waals surface area contributed by atoms with Crippen molar-refractivity contribution in [1.82, 2.24) is 19.3 Å². The van der Waals surface area contributed by atoms with E-state index in [1.165, 1.54) is 12.1 Å². The van der Waals surface area contributed by atoms with Crippen LogP contribution in [0.2, 0.25) is 0 Å². The minimum Gasteiger partial charge on any atom is -0.368 e. The Morgan fingerprint density at radius 2 is 1.69 bits per heavy atom. The summed E-state index contributed by atoms with van der Waals surface area (Å²) in [5.74, 6) is -1.37. The molecule has 0 atom stereocenters. The van der Waals surface area contributed by atoms with Crippen molar-refractivity contribution >= 4 is 28.3 Å². The summed E-state index contributed by atoms with van der Waals surface area (Å²) in [6.07, 6.45) is 2.07. The molecule has 4 aromatic rings. The highest BCUT2D eigenvalue weighted by Crippen LogP contribution is 2.37. The van der Waals surface area contributed by atoms with Crippen molar-refractivity contribution in [1.29, 1.82) is 0 Å². The molecular weight excluding hydrogens is 466 g/mol. The molecule has 0 saturated carbocycles. The highest BCUT2D eigenvalue weighted by molar-refractivity contribution is 6.08. The number of halogens is 2. The number of rotatable bonds is 5. The van der Waals surface area contributed by atoms with E-state index in [2.05, 4.69) is 33.7 Å². The van der Waals surface area contributed by atoms with Crippen molar-refractivity contribution in [2.24, 2.45) is 7.05 Å². The second-order valence-corrected chi connectivity index (χ2v) is 9.20. The monoisotopic (exact) mass is 492 g/mol. The Kier molecular flexibility index (Phi) is 6.03. The smallest absolute Gasteiger partial charge is 0.276 e. The third-order valence-corrected chi connectivity index (χ3v) is 6.43. The number of hydrogen-bond donors (Lipinski definition) is 1. The van der Waals surface area contributed by atoms with Crippen LogP contribution in [0.1, 0.15) is 48.9 Å². The van der Waals surface area contributed by atoms with Crippen LogP contribution in [0.25, 0.3) is 16.7 Å². The normalized spacial score (nSPS) is 13.7. The van der Waals surface area contributed by atoms with Gasteiger partial charge in [-0.25, -0.2) is 13.8 Å². The van der Waals surface area contributed by atoms with Crippen molar-refractivity contribution < 1.29 is 13.6 Å². The van der Waals surface area contributed by atoms with Crippen LogP contribution >= 0.6 is 0 Å². The Labute approximate surface area is 206 Å². The van der Waals surface area contributed by atoms with Gasteiger partial charge in [-0.15, -0.1) is 0 Å². The van der Waals surface area contributed by atoms with Crippen molar-refractivity contribution in [3.8, 4) is 5.69 Å². The molecule has 5 rings (SSSR count). The van der Waals surface area contributed by atoms with Crippen molar-refractivity contribution in [3.63, 3.8) is 0 Å². The Hall–Kier alpha value is -4.08. The lowest BCUT2D eigenvalue weighted by molar-refractivity contribution is 0.102. The topological polar surface area (TPSA) is 85.1 Å². The van der Waals surface area contributed by atoms with E-state index in [0.717, 1.165) is 66.7 Å². The zero-order chi connectivity index (χ0) is 25.6. The van der Waals surface area contributed by atoms with Crippen molar-refractivity contribution in [2.75, 3.05) is 23.3 Å². The number of aryl methyl sites for hydroxylation is 1. The van der Waals surface area contributed by atoms with Crippen LogP contribution in [0, 0.1) is 11.6 Å². The molecular formula is C26H26F2N6O2. The third-order valence-electron chi connectivity index (χ3n) is 6.43. The number of imidazole rings is 1. The predicted octanol–water partition coefficient (Wildman–Crippen LogP) is 4.37. The molecule has 3 heterocycles. The van der Waals surface area contributed by atoms with Gasteiger partial charge in [0.15, 0.2) is 11.6 Å². The minimum atomic E-state index is -0.958. The van der Waals surface area contributed by atoms with Crippen LogP contribution in [0.4, 0.5) is 20.2 Å². The Morgan fingerprint density at radius 3 is 2.36 bits per heavy atom. The summed E-state index contributed by atoms with van der Waals surface area (Å²) in [5.41, 5.74) is 1.59. The largest absolute Gasteiger partial charge is 0.368 e. The van der Waals surface area contributed by atoms with Gasteiger partial charge in [-0.05, 0) is 43.2 Å². The number of carbonyl (C=O) groups excluding carboxylic acids is 1. The van der Waals surface area contributed by atoms with Crippen molar-refractivity contribution in [3.05, 3.63) is 76.0 Å². The first kappa shape index (κ1) is 23.7. The van der Waals surface area contributed by atoms with Crippen molar-refractivity contribution in [2.45, 2.75) is 32.6 Å². The molecule has 8 nitrogen and oxygen atoms in total. The van der Waals surface area contributed by atoms with E-state index in [-0.39, 0.29) is 11.6 Å². The second-order valence-electron chi connectivity index (χ2n) is 9.20. The molecule has 186 valence electrons. The zero-order valence-electron chi connectivity index (χ0n) is 20.3. The van der Waals surface area contributed by atoms with Gasteiger partial charge in [0.1, 0.15) is 22.7 Å². The average molecular weight is 493 g/mol. The van der Waals surface area contributed by atoms with E-state index in [4.69, 9.17) is 4.98 Å². The summed E-state index contributed by atoms with van der Waals surface area (Å²) in [5, 5.41) is 6.86. The van der Waals surface area contributed by atoms with Crippen LogP contribution in [0.3, 0.4) is 0 Å². The maximum atomic E-state index is 14.3. The van der Waals surface area contributed by atoms with E-state index >= 15 is 0 Å². The summed E-state index contributed by atoms with van der Waals surface area (Å²) in [4.78, 5) is 32.7. The Morgan fingerprint density at radius 1 is 1.00 bits per heavy atom. The lowest BCUT2D eigenvalue weighted by Crippen LogP contribution is -2.27. The molecule has 0 bridgehead atoms. The Balaban J connectivity index is 1.57. The van der Waals surface area contributed by atoms with Gasteiger partial charge in [-0.1, -0.05) is 19.9 Å². The average Bonchev–Trinajstić information content (AvgIpc) is 3.48. The first-order chi connectivity index (χ1) is 17.3. The molecule has 0 radical (unpaired) electrons. The summed E-state index contributed by atoms with van der Waals surface area (Å²) in [6.45, 7) is 5.84. The summed E-state index contributed by atoms with van der Waals surface area (Å²) in [6, 6.07) is 9.27. The highest BCUT2D eigenvalue weighted by Gasteiger charge is 2.25. The number of fused-ring (bicyclic) bond motifs is 1. The molecule has 1 aliphatic rings. The molecule has 2 aromatic carbocycles. The highest BCUT2D eigenvalue weighted by atomic mass is 19.1. The zero-order valence-corrected chi connectivity index (χ0v) is 20.3. The molecule has 1 amide bonds. The maximum absolute atomic E-state index is 14.3. The number of nitrogens with zero attached hydrogens (tertiary/aromatic N) is 5. The fourth-order valence-corrected chi connectivity index (χ4v) is 4.71. The van der Waals surface area contributed by atoms with E-state index in [0.29, 0.717) is 10.4 Å². The van der Waals surface area contributed by atoms with E-state index < -0.39 is 28.8 Å². The summed E-state index contributed by atoms with van der Waals surface area (Å²) >= 11 is 0. The van der Waals surface area contributed by atoms with Gasteiger partial charge in [0, 0.05) is 32.1 Å². The number of para-hydroxylation sites is 1. The number of aromatic nitrogens is 4. The number of anilines is 2. The maximum Gasteiger partial charge on any atom is 0.276 e. The molecule has 10 heteroatoms. The number of benzene rings is 2. The molecule has 0 spiro atoms. The number of carbonyl (C=O) groups is 1. The van der Waals surface area contributed by atoms with Crippen LogP contribution in [0.15, 0.2) is 47.3 Å². The quantitative estimate of drug-likeness (QED) is 0.447. The van der Waals surface area contributed by atoms with Crippen LogP contribution in [-0.2, 0) is 7.05 Å². The number of amides is 1. The van der Waals surface area contributed by atoms with E-state index in [1.807, 2.05) is 19.2 Å². The van der Waals surface area contributed by atoms with Gasteiger partial charge in [-0.2, -0.15) is 9.78 Å². The van der Waals surface area contributed by atoms with Gasteiger partial charge < -0.3 is 14.8 Å². The van der Waals surface area contributed by atoms with E-state index in [1.54, 1.807) is 0 Å². The lowest BCUT2D eigenvalue weighted by Gasteiger charge is -2.22. The minimum absolute atomic E-state index is 0.159. The van der Waals surface area contributed by atoms with Gasteiger partial charge in [0.2, 0.25) is 0 Å². The molecule has 36 heavy (non-hydrogen) atoms. The fraction of sp³-hybridized carbons (Fsp3) is 0.308. The molecule has 0 unspecified atom stereocenters. The first-order valence-corrected chi connectivity index (χ1v) is 11.9. The number of nitrogens with one attached hydrogen (secondary N) is 1. The number of hydrogen-bond acceptors (Lipinski definition) is 5. The molecule has 1 fully saturated rings. The van der Waals surface area contributed by atoms with Crippen LogP contribution in [-0.4, -0.2) is 38.3 Å². The van der Waals surface area contributed by atoms with Gasteiger partial charge >= 0.3 is 0 Å². The first-order valence-electron chi connectivity index (χ1n) is 11.9. The van der Waals surface area contributed by atoms with Gasteiger partial charge in [0.05, 0.1) is 16.9 Å². The Bertz CT molecular complexity index is 1520. The van der Waals surface area contributed by atoms with Gasteiger partial charge in [0.25, 0.3) is 11.5 Å². The molecule has 0 aliphatic carbocycles. The summed E-state index contributed by atoms with van der Waals surface area (Å²) < 4.78 is 31.2. The lowest BCUT2D eigenvalue weighted by atomic mass is 10.2. The third kappa shape index (κ3) is 4.02. The molecule has 1 aliphatic heterocycles. The van der Waals surface area contributed by atoms with Gasteiger partial charge in [-0.3, -0.25) is 9.59 Å². The standard InChI is InChI=1S/C26H26F2N6O2/c1-15(2)25-30-22-20(32(25)3)11-9-18(24(22)33-13-4-5-14-33)29-26(36)19-10-12-21(35)34(31-19)23-16(27)7-6-8-17(23)28/h6-12,15H,4-5,13-14H2,1-3H3,(H,29,36). The van der Waals surface area contributed by atoms with Crippen LogP contribution in [0.5, 0.6) is 0 Å². The SMILES string of the molecule is CC(C)c1nc2c(N3CCCC3)c(NC(=O)c3ccc(=O)n(-c4c(F)cccc4F)n3)ccc2n1C. The second kappa shape index (κ2) is 9.18.